The van der Waals surface area contributed by atoms with Crippen molar-refractivity contribution in [1.29, 1.82) is 0 Å². The van der Waals surface area contributed by atoms with Crippen LogP contribution in [0.5, 0.6) is 0 Å². The SMILES string of the molecule is CNC(CCC(C)(C)C)c1ccc(C(C)(C)C)cc1. The van der Waals surface area contributed by atoms with Crippen LogP contribution in [0.4, 0.5) is 0 Å². The minimum atomic E-state index is 0.235. The van der Waals surface area contributed by atoms with E-state index >= 15 is 0 Å². The molecule has 0 aliphatic rings. The monoisotopic (exact) mass is 261 g/mol. The average Bonchev–Trinajstić information content (AvgIpc) is 2.28. The zero-order chi connectivity index (χ0) is 14.7. The fourth-order valence-electron chi connectivity index (χ4n) is 2.27. The van der Waals surface area contributed by atoms with Gasteiger partial charge in [0.25, 0.3) is 0 Å². The third kappa shape index (κ3) is 5.36. The van der Waals surface area contributed by atoms with E-state index in [4.69, 9.17) is 0 Å². The maximum absolute atomic E-state index is 3.45. The number of nitrogens with one attached hydrogen (secondary N) is 1. The summed E-state index contributed by atoms with van der Waals surface area (Å²) in [5.74, 6) is 0. The molecule has 0 fully saturated rings. The number of hydrogen-bond acceptors (Lipinski definition) is 1. The van der Waals surface area contributed by atoms with Crippen LogP contribution in [0.1, 0.15) is 71.6 Å². The highest BCUT2D eigenvalue weighted by atomic mass is 14.9. The van der Waals surface area contributed by atoms with Gasteiger partial charge in [-0.1, -0.05) is 65.8 Å². The van der Waals surface area contributed by atoms with Crippen molar-refractivity contribution < 1.29 is 0 Å². The molecular formula is C18H31N. The van der Waals surface area contributed by atoms with E-state index in [1.165, 1.54) is 24.0 Å². The molecule has 0 heterocycles. The molecule has 1 aromatic carbocycles. The largest absolute Gasteiger partial charge is 0.313 e. The van der Waals surface area contributed by atoms with Gasteiger partial charge in [-0.3, -0.25) is 0 Å². The Morgan fingerprint density at radius 2 is 1.47 bits per heavy atom. The van der Waals surface area contributed by atoms with Crippen molar-refractivity contribution in [3.05, 3.63) is 35.4 Å². The van der Waals surface area contributed by atoms with E-state index in [9.17, 15) is 0 Å². The third-order valence-electron chi connectivity index (χ3n) is 3.71. The van der Waals surface area contributed by atoms with Crippen molar-refractivity contribution in [2.75, 3.05) is 7.05 Å². The zero-order valence-electron chi connectivity index (χ0n) is 13.8. The zero-order valence-corrected chi connectivity index (χ0v) is 13.8. The van der Waals surface area contributed by atoms with Crippen molar-refractivity contribution in [3.8, 4) is 0 Å². The molecule has 0 aliphatic carbocycles. The van der Waals surface area contributed by atoms with Crippen LogP contribution in [0.3, 0.4) is 0 Å². The minimum absolute atomic E-state index is 0.235. The van der Waals surface area contributed by atoms with Crippen LogP contribution in [0.15, 0.2) is 24.3 Å². The summed E-state index contributed by atoms with van der Waals surface area (Å²) >= 11 is 0. The molecule has 0 saturated carbocycles. The molecule has 0 saturated heterocycles. The van der Waals surface area contributed by atoms with Gasteiger partial charge in [-0.25, -0.2) is 0 Å². The fraction of sp³-hybridized carbons (Fsp3) is 0.667. The second kappa shape index (κ2) is 6.09. The Morgan fingerprint density at radius 1 is 0.947 bits per heavy atom. The summed E-state index contributed by atoms with van der Waals surface area (Å²) in [6.45, 7) is 13.7. The van der Waals surface area contributed by atoms with Gasteiger partial charge in [-0.05, 0) is 41.8 Å². The summed E-state index contributed by atoms with van der Waals surface area (Å²) in [5, 5.41) is 3.45. The van der Waals surface area contributed by atoms with Gasteiger partial charge in [-0.2, -0.15) is 0 Å². The summed E-state index contributed by atoms with van der Waals surface area (Å²) in [6.07, 6.45) is 2.42. The second-order valence-corrected chi connectivity index (χ2v) is 7.81. The first-order valence-electron chi connectivity index (χ1n) is 7.41. The Labute approximate surface area is 119 Å². The molecule has 1 nitrogen and oxygen atoms in total. The minimum Gasteiger partial charge on any atom is -0.313 e. The Balaban J connectivity index is 2.77. The van der Waals surface area contributed by atoms with E-state index in [1.54, 1.807) is 0 Å². The molecule has 1 rings (SSSR count). The van der Waals surface area contributed by atoms with Gasteiger partial charge in [0, 0.05) is 6.04 Å². The van der Waals surface area contributed by atoms with E-state index in [-0.39, 0.29) is 5.41 Å². The van der Waals surface area contributed by atoms with Gasteiger partial charge in [0.15, 0.2) is 0 Å². The lowest BCUT2D eigenvalue weighted by Crippen LogP contribution is -2.19. The van der Waals surface area contributed by atoms with E-state index in [0.29, 0.717) is 11.5 Å². The highest BCUT2D eigenvalue weighted by Gasteiger charge is 2.17. The molecule has 108 valence electrons. The summed E-state index contributed by atoms with van der Waals surface area (Å²) in [5.41, 5.74) is 3.45. The van der Waals surface area contributed by atoms with Crippen molar-refractivity contribution >= 4 is 0 Å². The maximum atomic E-state index is 3.45. The molecule has 1 heteroatoms. The van der Waals surface area contributed by atoms with E-state index < -0.39 is 0 Å². The predicted molar refractivity (Wildman–Crippen MR) is 85.6 cm³/mol. The molecule has 0 aromatic heterocycles. The highest BCUT2D eigenvalue weighted by Crippen LogP contribution is 2.29. The molecule has 1 atom stereocenters. The van der Waals surface area contributed by atoms with Crippen LogP contribution >= 0.6 is 0 Å². The second-order valence-electron chi connectivity index (χ2n) is 7.81. The maximum Gasteiger partial charge on any atom is 0.0317 e. The van der Waals surface area contributed by atoms with Gasteiger partial charge in [0.05, 0.1) is 0 Å². The van der Waals surface area contributed by atoms with Crippen molar-refractivity contribution in [2.24, 2.45) is 5.41 Å². The van der Waals surface area contributed by atoms with Crippen LogP contribution in [-0.4, -0.2) is 7.05 Å². The molecule has 1 aromatic rings. The smallest absolute Gasteiger partial charge is 0.0317 e. The predicted octanol–water partition coefficient (Wildman–Crippen LogP) is 5.07. The Hall–Kier alpha value is -0.820. The van der Waals surface area contributed by atoms with Crippen molar-refractivity contribution in [2.45, 2.75) is 65.8 Å². The van der Waals surface area contributed by atoms with Crippen molar-refractivity contribution in [3.63, 3.8) is 0 Å². The normalized spacial score (nSPS) is 14.5. The molecule has 0 aliphatic heterocycles. The van der Waals surface area contributed by atoms with Crippen LogP contribution in [0.25, 0.3) is 0 Å². The third-order valence-corrected chi connectivity index (χ3v) is 3.71. The molecule has 19 heavy (non-hydrogen) atoms. The van der Waals surface area contributed by atoms with E-state index in [0.717, 1.165) is 0 Å². The molecule has 0 amide bonds. The van der Waals surface area contributed by atoms with Crippen LogP contribution in [0, 0.1) is 5.41 Å². The fourth-order valence-corrected chi connectivity index (χ4v) is 2.27. The van der Waals surface area contributed by atoms with Gasteiger partial charge >= 0.3 is 0 Å². The quantitative estimate of drug-likeness (QED) is 0.798. The Morgan fingerprint density at radius 3 is 1.84 bits per heavy atom. The molecule has 0 spiro atoms. The first kappa shape index (κ1) is 16.2. The molecule has 0 bridgehead atoms. The van der Waals surface area contributed by atoms with Gasteiger partial charge in [-0.15, -0.1) is 0 Å². The number of rotatable bonds is 4. The summed E-state index contributed by atoms with van der Waals surface area (Å²) in [6, 6.07) is 9.58. The lowest BCUT2D eigenvalue weighted by molar-refractivity contribution is 0.338. The van der Waals surface area contributed by atoms with Crippen LogP contribution < -0.4 is 5.32 Å². The topological polar surface area (TPSA) is 12.0 Å². The summed E-state index contributed by atoms with van der Waals surface area (Å²) in [4.78, 5) is 0. The van der Waals surface area contributed by atoms with Crippen molar-refractivity contribution in [1.82, 2.24) is 5.32 Å². The van der Waals surface area contributed by atoms with E-state index in [1.807, 2.05) is 0 Å². The van der Waals surface area contributed by atoms with Gasteiger partial charge in [0.2, 0.25) is 0 Å². The summed E-state index contributed by atoms with van der Waals surface area (Å²) < 4.78 is 0. The standard InChI is InChI=1S/C18H31N/c1-17(2,3)13-12-16(19-7)14-8-10-15(11-9-14)18(4,5)6/h8-11,16,19H,12-13H2,1-7H3. The van der Waals surface area contributed by atoms with Crippen LogP contribution in [0.2, 0.25) is 0 Å². The Kier molecular flexibility index (Phi) is 5.20. The first-order valence-corrected chi connectivity index (χ1v) is 7.41. The highest BCUT2D eigenvalue weighted by molar-refractivity contribution is 5.29. The first-order chi connectivity index (χ1) is 8.63. The molecule has 1 N–H and O–H groups in total. The number of hydrogen-bond donors (Lipinski definition) is 1. The van der Waals surface area contributed by atoms with Gasteiger partial charge < -0.3 is 5.32 Å². The summed E-state index contributed by atoms with van der Waals surface area (Å²) in [7, 11) is 2.06. The van der Waals surface area contributed by atoms with Crippen LogP contribution in [-0.2, 0) is 5.41 Å². The van der Waals surface area contributed by atoms with E-state index in [2.05, 4.69) is 78.2 Å². The molecule has 1 unspecified atom stereocenters. The average molecular weight is 261 g/mol. The molecular weight excluding hydrogens is 230 g/mol. The Bertz CT molecular complexity index is 376. The lowest BCUT2D eigenvalue weighted by atomic mass is 9.84. The number of benzene rings is 1. The van der Waals surface area contributed by atoms with Gasteiger partial charge in [0.1, 0.15) is 0 Å². The lowest BCUT2D eigenvalue weighted by Gasteiger charge is -2.24. The molecule has 0 radical (unpaired) electrons.